The zero-order valence-corrected chi connectivity index (χ0v) is 20.7. The quantitative estimate of drug-likeness (QED) is 0.347. The lowest BCUT2D eigenvalue weighted by Crippen LogP contribution is -2.34. The van der Waals surface area contributed by atoms with Crippen LogP contribution in [0.1, 0.15) is 79.1 Å². The van der Waals surface area contributed by atoms with Crippen molar-refractivity contribution < 1.29 is 9.21 Å². The van der Waals surface area contributed by atoms with Gasteiger partial charge in [0.1, 0.15) is 5.76 Å². The van der Waals surface area contributed by atoms with Gasteiger partial charge in [0.25, 0.3) is 5.91 Å². The average Bonchev–Trinajstić information content (AvgIpc) is 3.39. The maximum absolute atomic E-state index is 12.7. The van der Waals surface area contributed by atoms with E-state index in [9.17, 15) is 4.79 Å². The molecule has 0 atom stereocenters. The van der Waals surface area contributed by atoms with Gasteiger partial charge in [0.15, 0.2) is 10.9 Å². The smallest absolute Gasteiger partial charge is 0.293 e. The van der Waals surface area contributed by atoms with Crippen LogP contribution in [-0.4, -0.2) is 10.9 Å². The van der Waals surface area contributed by atoms with Gasteiger partial charge in [-0.1, -0.05) is 63.3 Å². The first-order valence-electron chi connectivity index (χ1n) is 11.5. The summed E-state index contributed by atoms with van der Waals surface area (Å²) >= 11 is 1.46. The van der Waals surface area contributed by atoms with Crippen LogP contribution >= 0.6 is 11.3 Å². The molecule has 0 radical (unpaired) electrons. The van der Waals surface area contributed by atoms with Crippen LogP contribution in [0.3, 0.4) is 0 Å². The van der Waals surface area contributed by atoms with Gasteiger partial charge in [-0.2, -0.15) is 0 Å². The molecule has 1 amide bonds. The minimum absolute atomic E-state index is 0.165. The Kier molecular flexibility index (Phi) is 5.20. The molecule has 0 aliphatic heterocycles. The third-order valence-electron chi connectivity index (χ3n) is 7.07. The number of rotatable bonds is 4. The van der Waals surface area contributed by atoms with Crippen LogP contribution in [0.5, 0.6) is 0 Å². The Labute approximate surface area is 199 Å². The minimum atomic E-state index is -0.273. The van der Waals surface area contributed by atoms with Crippen molar-refractivity contribution in [1.82, 2.24) is 4.98 Å². The molecule has 0 bridgehead atoms. The van der Waals surface area contributed by atoms with Crippen molar-refractivity contribution in [3.05, 3.63) is 82.3 Å². The Morgan fingerprint density at radius 1 is 1.03 bits per heavy atom. The molecule has 2 heterocycles. The minimum Gasteiger partial charge on any atom is -0.456 e. The molecule has 1 aliphatic rings. The molecule has 1 aliphatic carbocycles. The van der Waals surface area contributed by atoms with Crippen molar-refractivity contribution in [2.24, 2.45) is 0 Å². The van der Waals surface area contributed by atoms with E-state index >= 15 is 0 Å². The van der Waals surface area contributed by atoms with Crippen molar-refractivity contribution in [3.8, 4) is 0 Å². The van der Waals surface area contributed by atoms with E-state index in [2.05, 4.69) is 57.1 Å². The molecule has 33 heavy (non-hydrogen) atoms. The van der Waals surface area contributed by atoms with Gasteiger partial charge >= 0.3 is 0 Å². The van der Waals surface area contributed by atoms with Crippen molar-refractivity contribution in [2.45, 2.75) is 64.7 Å². The Morgan fingerprint density at radius 2 is 1.73 bits per heavy atom. The second-order valence-corrected chi connectivity index (χ2v) is 11.5. The molecule has 0 spiro atoms. The molecule has 5 rings (SSSR count). The number of aromatic nitrogens is 1. The van der Waals surface area contributed by atoms with Gasteiger partial charge in [0, 0.05) is 6.42 Å². The summed E-state index contributed by atoms with van der Waals surface area (Å²) in [6.45, 7) is 11.6. The molecule has 0 unspecified atom stereocenters. The number of fused-ring (bicyclic) bond motifs is 2. The van der Waals surface area contributed by atoms with Crippen LogP contribution in [0.15, 0.2) is 52.9 Å². The van der Waals surface area contributed by atoms with Gasteiger partial charge in [-0.15, -0.1) is 0 Å². The third kappa shape index (κ3) is 4.10. The number of nitrogens with zero attached hydrogens (tertiary/aromatic N) is 1. The molecule has 1 N–H and O–H groups in total. The van der Waals surface area contributed by atoms with Crippen LogP contribution in [-0.2, 0) is 17.3 Å². The normalized spacial score (nSPS) is 16.5. The first-order valence-corrected chi connectivity index (χ1v) is 12.3. The van der Waals surface area contributed by atoms with Crippen LogP contribution in [0.4, 0.5) is 5.13 Å². The highest BCUT2D eigenvalue weighted by Gasteiger charge is 2.37. The number of para-hydroxylation sites is 1. The van der Waals surface area contributed by atoms with E-state index in [4.69, 9.17) is 4.42 Å². The van der Waals surface area contributed by atoms with Gasteiger partial charge in [-0.25, -0.2) is 4.98 Å². The van der Waals surface area contributed by atoms with Crippen molar-refractivity contribution in [1.29, 1.82) is 0 Å². The number of nitrogens with one attached hydrogen (secondary N) is 1. The maximum atomic E-state index is 12.7. The number of carbonyl (C=O) groups excluding carboxylic acids is 1. The molecule has 4 aromatic rings. The Morgan fingerprint density at radius 3 is 2.45 bits per heavy atom. The molecule has 0 saturated carbocycles. The van der Waals surface area contributed by atoms with Crippen LogP contribution < -0.4 is 5.32 Å². The highest BCUT2D eigenvalue weighted by Crippen LogP contribution is 2.46. The summed E-state index contributed by atoms with van der Waals surface area (Å²) in [5.74, 6) is 0.826. The molecule has 2 aromatic heterocycles. The van der Waals surface area contributed by atoms with Gasteiger partial charge in [0.2, 0.25) is 0 Å². The predicted octanol–water partition coefficient (Wildman–Crippen LogP) is 7.39. The Balaban J connectivity index is 1.37. The number of amides is 1. The Bertz CT molecular complexity index is 1330. The van der Waals surface area contributed by atoms with E-state index in [1.165, 1.54) is 46.4 Å². The fourth-order valence-electron chi connectivity index (χ4n) is 4.82. The first kappa shape index (κ1) is 21.9. The summed E-state index contributed by atoms with van der Waals surface area (Å²) in [6, 6.07) is 16.2. The molecular formula is C28H30N2O2S. The highest BCUT2D eigenvalue weighted by molar-refractivity contribution is 7.22. The molecule has 5 heteroatoms. The first-order chi connectivity index (χ1) is 15.6. The van der Waals surface area contributed by atoms with Crippen LogP contribution in [0.25, 0.3) is 10.2 Å². The molecule has 2 aromatic carbocycles. The molecule has 170 valence electrons. The summed E-state index contributed by atoms with van der Waals surface area (Å²) in [4.78, 5) is 17.2. The fourth-order valence-corrected chi connectivity index (χ4v) is 5.69. The SMILES string of the molecule is Cc1cc2c(cc1Cc1ccc(C(=O)Nc3nc4ccccc4s3)o1)C(C)(C)CCC2(C)C. The van der Waals surface area contributed by atoms with E-state index in [0.29, 0.717) is 17.3 Å². The number of benzene rings is 2. The number of carbonyl (C=O) groups is 1. The van der Waals surface area contributed by atoms with Gasteiger partial charge in [-0.3, -0.25) is 10.1 Å². The van der Waals surface area contributed by atoms with Crippen molar-refractivity contribution >= 4 is 32.6 Å². The number of furan rings is 1. The average molecular weight is 459 g/mol. The fraction of sp³-hybridized carbons (Fsp3) is 0.357. The van der Waals surface area contributed by atoms with E-state index in [-0.39, 0.29) is 16.7 Å². The monoisotopic (exact) mass is 458 g/mol. The van der Waals surface area contributed by atoms with Gasteiger partial charge in [-0.05, 0) is 77.1 Å². The number of anilines is 1. The molecule has 4 nitrogen and oxygen atoms in total. The van der Waals surface area contributed by atoms with Gasteiger partial charge in [0.05, 0.1) is 10.2 Å². The zero-order chi connectivity index (χ0) is 23.4. The van der Waals surface area contributed by atoms with Crippen LogP contribution in [0.2, 0.25) is 0 Å². The summed E-state index contributed by atoms with van der Waals surface area (Å²) < 4.78 is 7.00. The second-order valence-electron chi connectivity index (χ2n) is 10.5. The largest absolute Gasteiger partial charge is 0.456 e. The number of hydrogen-bond acceptors (Lipinski definition) is 4. The maximum Gasteiger partial charge on any atom is 0.293 e. The standard InChI is InChI=1S/C28H30N2O2S/c1-17-14-20-21(28(4,5)13-12-27(20,2)3)16-18(17)15-19-10-11-23(32-19)25(31)30-26-29-22-8-6-7-9-24(22)33-26/h6-11,14,16H,12-13,15H2,1-5H3,(H,29,30,31). The summed E-state index contributed by atoms with van der Waals surface area (Å²) in [5.41, 5.74) is 6.69. The van der Waals surface area contributed by atoms with Gasteiger partial charge < -0.3 is 4.42 Å². The highest BCUT2D eigenvalue weighted by atomic mass is 32.1. The predicted molar refractivity (Wildman–Crippen MR) is 136 cm³/mol. The molecule has 0 fully saturated rings. The number of aryl methyl sites for hydroxylation is 1. The van der Waals surface area contributed by atoms with E-state index < -0.39 is 0 Å². The lowest BCUT2D eigenvalue weighted by molar-refractivity contribution is 0.0995. The number of thiazole rings is 1. The zero-order valence-electron chi connectivity index (χ0n) is 19.9. The van der Waals surface area contributed by atoms with E-state index in [1.54, 1.807) is 6.07 Å². The topological polar surface area (TPSA) is 55.1 Å². The second kappa shape index (κ2) is 7.84. The molecule has 0 saturated heterocycles. The summed E-state index contributed by atoms with van der Waals surface area (Å²) in [5, 5.41) is 3.45. The number of hydrogen-bond donors (Lipinski definition) is 1. The third-order valence-corrected chi connectivity index (χ3v) is 8.03. The van der Waals surface area contributed by atoms with Crippen molar-refractivity contribution in [2.75, 3.05) is 5.32 Å². The summed E-state index contributed by atoms with van der Waals surface area (Å²) in [7, 11) is 0. The van der Waals surface area contributed by atoms with E-state index in [0.717, 1.165) is 16.0 Å². The molecular weight excluding hydrogens is 428 g/mol. The van der Waals surface area contributed by atoms with Crippen molar-refractivity contribution in [3.63, 3.8) is 0 Å². The Hall–Kier alpha value is -2.92. The van der Waals surface area contributed by atoms with Crippen LogP contribution in [0, 0.1) is 6.92 Å². The van der Waals surface area contributed by atoms with E-state index in [1.807, 2.05) is 30.3 Å². The lowest BCUT2D eigenvalue weighted by atomic mass is 9.62. The lowest BCUT2D eigenvalue weighted by Gasteiger charge is -2.42. The summed E-state index contributed by atoms with van der Waals surface area (Å²) in [6.07, 6.45) is 3.06.